The molecule has 2 atom stereocenters. The number of nitrogens with zero attached hydrogens (tertiary/aromatic N) is 2. The summed E-state index contributed by atoms with van der Waals surface area (Å²) in [5.41, 5.74) is 0.651. The third-order valence-electron chi connectivity index (χ3n) is 6.43. The van der Waals surface area contributed by atoms with Gasteiger partial charge in [-0.2, -0.15) is 8.42 Å². The summed E-state index contributed by atoms with van der Waals surface area (Å²) in [6, 6.07) is 5.96. The Labute approximate surface area is 237 Å². The Morgan fingerprint density at radius 3 is 2.50 bits per heavy atom. The summed E-state index contributed by atoms with van der Waals surface area (Å²) < 4.78 is 40.2. The molecule has 0 aliphatic carbocycles. The summed E-state index contributed by atoms with van der Waals surface area (Å²) in [4.78, 5) is 32.2. The normalized spacial score (nSPS) is 18.2. The lowest BCUT2D eigenvalue weighted by molar-refractivity contribution is -0.146. The number of fused-ring (bicyclic) bond motifs is 1. The van der Waals surface area contributed by atoms with Gasteiger partial charge in [0.1, 0.15) is 16.0 Å². The predicted molar refractivity (Wildman–Crippen MR) is 156 cm³/mol. The van der Waals surface area contributed by atoms with Gasteiger partial charge in [-0.25, -0.2) is 9.78 Å². The number of aromatic nitrogens is 1. The van der Waals surface area contributed by atoms with Gasteiger partial charge in [0.2, 0.25) is 5.91 Å². The van der Waals surface area contributed by atoms with Crippen molar-refractivity contribution in [3.05, 3.63) is 34.7 Å². The molecule has 3 rings (SSSR count). The molecule has 0 bridgehead atoms. The fourth-order valence-corrected chi connectivity index (χ4v) is 8.94. The van der Waals surface area contributed by atoms with Crippen LogP contribution in [-0.4, -0.2) is 63.7 Å². The van der Waals surface area contributed by atoms with E-state index in [1.807, 2.05) is 25.1 Å². The smallest absolute Gasteiger partial charge is 0.358 e. The summed E-state index contributed by atoms with van der Waals surface area (Å²) in [6.45, 7) is 14.7. The number of amides is 1. The minimum Gasteiger partial charge on any atom is -0.464 e. The van der Waals surface area contributed by atoms with Gasteiger partial charge in [0.15, 0.2) is 14.0 Å². The molecule has 1 aliphatic heterocycles. The van der Waals surface area contributed by atoms with Gasteiger partial charge >= 0.3 is 16.1 Å². The maximum Gasteiger partial charge on any atom is 0.358 e. The van der Waals surface area contributed by atoms with Crippen molar-refractivity contribution in [1.29, 1.82) is 0 Å². The molecule has 1 saturated heterocycles. The van der Waals surface area contributed by atoms with Crippen LogP contribution >= 0.6 is 32.9 Å². The first-order chi connectivity index (χ1) is 17.4. The number of β-lactam (4-membered cyclic amide) rings is 1. The fourth-order valence-electron chi connectivity index (χ4n) is 3.44. The lowest BCUT2D eigenvalue weighted by Gasteiger charge is -2.38. The highest BCUT2D eigenvalue weighted by Crippen LogP contribution is 2.45. The number of methoxy groups -OCH3 is 1. The van der Waals surface area contributed by atoms with Gasteiger partial charge in [-0.1, -0.05) is 48.4 Å². The zero-order valence-electron chi connectivity index (χ0n) is 23.0. The van der Waals surface area contributed by atoms with E-state index in [9.17, 15) is 18.0 Å². The molecule has 0 unspecified atom stereocenters. The van der Waals surface area contributed by atoms with Crippen LogP contribution in [0, 0.1) is 0 Å². The lowest BCUT2D eigenvalue weighted by Crippen LogP contribution is -2.55. The van der Waals surface area contributed by atoms with Crippen molar-refractivity contribution in [3.8, 4) is 0 Å². The number of benzene rings is 1. The van der Waals surface area contributed by atoms with Gasteiger partial charge < -0.3 is 18.2 Å². The van der Waals surface area contributed by atoms with Gasteiger partial charge in [-0.05, 0) is 44.1 Å². The number of ether oxygens (including phenoxy) is 1. The number of hydrogen-bond acceptors (Lipinski definition) is 11. The number of para-hydroxylation sites is 1. The van der Waals surface area contributed by atoms with Crippen LogP contribution in [0.2, 0.25) is 18.1 Å². The first-order valence-electron chi connectivity index (χ1n) is 11.9. The summed E-state index contributed by atoms with van der Waals surface area (Å²) in [7, 11) is -1.86. The van der Waals surface area contributed by atoms with E-state index in [1.54, 1.807) is 11.3 Å². The van der Waals surface area contributed by atoms with Gasteiger partial charge in [-0.15, -0.1) is 11.3 Å². The first-order valence-corrected chi connectivity index (χ1v) is 19.6. The van der Waals surface area contributed by atoms with Crippen molar-refractivity contribution in [3.63, 3.8) is 0 Å². The van der Waals surface area contributed by atoms with Crippen LogP contribution in [0.5, 0.6) is 0 Å². The average molecular weight is 619 g/mol. The maximum absolute atomic E-state index is 12.9. The van der Waals surface area contributed by atoms with Gasteiger partial charge in [0.05, 0.1) is 29.7 Å². The highest BCUT2D eigenvalue weighted by atomic mass is 33.1. The molecule has 0 radical (unpaired) electrons. The predicted octanol–water partition coefficient (Wildman–Crippen LogP) is 5.71. The lowest BCUT2D eigenvalue weighted by atomic mass is 10.1. The number of carbonyl (C=O) groups is 2. The summed E-state index contributed by atoms with van der Waals surface area (Å²) >= 11 is 1.61. The summed E-state index contributed by atoms with van der Waals surface area (Å²) in [5, 5.41) is 0.583. The monoisotopic (exact) mass is 618 g/mol. The molecular formula is C24H34N2O7S4Si. The number of rotatable bonds is 10. The Bertz CT molecular complexity index is 1370. The Morgan fingerprint density at radius 1 is 1.29 bits per heavy atom. The zero-order chi connectivity index (χ0) is 28.6. The van der Waals surface area contributed by atoms with E-state index in [-0.39, 0.29) is 35.1 Å². The van der Waals surface area contributed by atoms with Crippen molar-refractivity contribution in [2.75, 3.05) is 19.9 Å². The number of hydrogen-bond donors (Lipinski definition) is 0. The molecule has 210 valence electrons. The van der Waals surface area contributed by atoms with Crippen LogP contribution in [0.4, 0.5) is 0 Å². The number of esters is 1. The van der Waals surface area contributed by atoms with E-state index in [4.69, 9.17) is 18.3 Å². The molecule has 14 heteroatoms. The van der Waals surface area contributed by atoms with Crippen molar-refractivity contribution >= 4 is 73.5 Å². The molecule has 2 aromatic rings. The van der Waals surface area contributed by atoms with Crippen LogP contribution in [0.1, 0.15) is 45.7 Å². The SMILES string of the molecule is COC(=O)/C(=C(\C)OS(C)(=O)=O)N1C[C@@H](SSc2cccc3sc([C@@H](C)O[Si](C)(C)C(C)(C)C)nc23)C1=O. The van der Waals surface area contributed by atoms with Crippen molar-refractivity contribution in [2.24, 2.45) is 0 Å². The molecule has 9 nitrogen and oxygen atoms in total. The van der Waals surface area contributed by atoms with Gasteiger partial charge in [-0.3, -0.25) is 4.79 Å². The molecule has 1 fully saturated rings. The van der Waals surface area contributed by atoms with E-state index >= 15 is 0 Å². The molecular weight excluding hydrogens is 585 g/mol. The van der Waals surface area contributed by atoms with Crippen LogP contribution in [-0.2, 0) is 33.1 Å². The Kier molecular flexibility index (Phi) is 9.36. The number of thiazole rings is 1. The van der Waals surface area contributed by atoms with Crippen LogP contribution in [0.3, 0.4) is 0 Å². The number of carbonyl (C=O) groups excluding carboxylic acids is 2. The first kappa shape index (κ1) is 31.0. The fraction of sp³-hybridized carbons (Fsp3) is 0.542. The minimum absolute atomic E-state index is 0.0944. The molecule has 0 saturated carbocycles. The molecule has 1 aromatic carbocycles. The second-order valence-electron chi connectivity index (χ2n) is 10.5. The van der Waals surface area contributed by atoms with E-state index < -0.39 is 29.7 Å². The van der Waals surface area contributed by atoms with Crippen molar-refractivity contribution in [2.45, 2.75) is 69.0 Å². The standard InChI is InChI=1S/C24H34N2O7S4Si/c1-14(32-37(7,29)30)20(23(28)31-6)26-13-18(22(26)27)36-35-17-12-10-11-16-19(17)25-21(34-16)15(2)33-38(8,9)24(3,4)5/h10-12,15,18H,13H2,1-9H3/b20-14-/t15-,18-/m1/s1. The largest absolute Gasteiger partial charge is 0.464 e. The third-order valence-corrected chi connectivity index (χ3v) is 15.4. The molecule has 0 N–H and O–H groups in total. The highest BCUT2D eigenvalue weighted by Gasteiger charge is 2.44. The Morgan fingerprint density at radius 2 is 1.95 bits per heavy atom. The number of likely N-dealkylation sites (tertiary alicyclic amines) is 1. The number of allylic oxidation sites excluding steroid dienone is 1. The molecule has 0 spiro atoms. The Hall–Kier alpha value is -1.58. The van der Waals surface area contributed by atoms with Crippen LogP contribution in [0.25, 0.3) is 10.2 Å². The maximum atomic E-state index is 12.9. The van der Waals surface area contributed by atoms with Gasteiger partial charge in [0, 0.05) is 11.4 Å². The topological polar surface area (TPSA) is 112 Å². The van der Waals surface area contributed by atoms with Gasteiger partial charge in [0.25, 0.3) is 0 Å². The molecule has 1 amide bonds. The van der Waals surface area contributed by atoms with Crippen LogP contribution in [0.15, 0.2) is 34.6 Å². The Balaban J connectivity index is 1.73. The minimum atomic E-state index is -3.87. The van der Waals surface area contributed by atoms with Crippen LogP contribution < -0.4 is 0 Å². The average Bonchev–Trinajstić information content (AvgIpc) is 3.23. The van der Waals surface area contributed by atoms with E-state index in [0.717, 1.165) is 33.5 Å². The third kappa shape index (κ3) is 6.94. The molecule has 38 heavy (non-hydrogen) atoms. The van der Waals surface area contributed by atoms with Crippen molar-refractivity contribution < 1.29 is 31.4 Å². The van der Waals surface area contributed by atoms with E-state index in [2.05, 4.69) is 33.9 Å². The highest BCUT2D eigenvalue weighted by molar-refractivity contribution is 8.77. The summed E-state index contributed by atoms with van der Waals surface area (Å²) in [5.74, 6) is -1.39. The summed E-state index contributed by atoms with van der Waals surface area (Å²) in [6.07, 6.45) is 0.741. The second kappa shape index (κ2) is 11.5. The molecule has 1 aromatic heterocycles. The molecule has 1 aliphatic rings. The van der Waals surface area contributed by atoms with E-state index in [0.29, 0.717) is 0 Å². The quantitative estimate of drug-likeness (QED) is 0.0624. The second-order valence-corrected chi connectivity index (χ2v) is 20.3. The zero-order valence-corrected chi connectivity index (χ0v) is 27.2. The van der Waals surface area contributed by atoms with Crippen molar-refractivity contribution in [1.82, 2.24) is 9.88 Å². The van der Waals surface area contributed by atoms with E-state index in [1.165, 1.54) is 33.4 Å². The molecule has 2 heterocycles.